The number of fused-ring (bicyclic) bond motifs is 1. The molecule has 1 saturated heterocycles. The summed E-state index contributed by atoms with van der Waals surface area (Å²) in [5, 5.41) is 6.28. The van der Waals surface area contributed by atoms with E-state index in [9.17, 15) is 19.2 Å². The van der Waals surface area contributed by atoms with Crippen molar-refractivity contribution in [3.63, 3.8) is 0 Å². The molecule has 1 aliphatic rings. The highest BCUT2D eigenvalue weighted by molar-refractivity contribution is 5.97. The van der Waals surface area contributed by atoms with E-state index in [0.717, 1.165) is 23.1 Å². The number of para-hydroxylation sites is 1. The molecule has 3 N–H and O–H groups in total. The second-order valence-corrected chi connectivity index (χ2v) is 8.18. The molecule has 2 amide bonds. The van der Waals surface area contributed by atoms with Crippen LogP contribution < -0.4 is 21.9 Å². The predicted molar refractivity (Wildman–Crippen MR) is 127 cm³/mol. The van der Waals surface area contributed by atoms with Gasteiger partial charge in [0.2, 0.25) is 5.91 Å². The maximum absolute atomic E-state index is 12.7. The summed E-state index contributed by atoms with van der Waals surface area (Å²) < 4.78 is 1.12. The van der Waals surface area contributed by atoms with Gasteiger partial charge in [-0.15, -0.1) is 0 Å². The Hall–Kier alpha value is -3.72. The molecule has 4 rings (SSSR count). The molecule has 0 bridgehead atoms. The van der Waals surface area contributed by atoms with Gasteiger partial charge in [0, 0.05) is 36.9 Å². The first-order valence-corrected chi connectivity index (χ1v) is 11.1. The molecule has 3 aromatic rings. The maximum Gasteiger partial charge on any atom is 0.328 e. The number of hydrogen-bond acceptors (Lipinski definition) is 5. The molecule has 0 radical (unpaired) electrons. The van der Waals surface area contributed by atoms with Crippen molar-refractivity contribution in [2.45, 2.75) is 32.4 Å². The number of nitrogens with one attached hydrogen (secondary N) is 3. The molecule has 1 fully saturated rings. The summed E-state index contributed by atoms with van der Waals surface area (Å²) in [6.45, 7) is 3.72. The summed E-state index contributed by atoms with van der Waals surface area (Å²) in [4.78, 5) is 54.2. The SMILES string of the molecule is CCn1c(=O)[nH]c2cc(C(=O)NC3CCN(CC(=O)Nc4ccccc4)CC3)ccc2c1=O. The van der Waals surface area contributed by atoms with E-state index in [4.69, 9.17) is 0 Å². The molecule has 9 nitrogen and oxygen atoms in total. The lowest BCUT2D eigenvalue weighted by atomic mass is 10.0. The normalized spacial score (nSPS) is 14.8. The van der Waals surface area contributed by atoms with Crippen molar-refractivity contribution >= 4 is 28.4 Å². The number of benzene rings is 2. The van der Waals surface area contributed by atoms with E-state index in [1.807, 2.05) is 30.3 Å². The number of amides is 2. The zero-order valence-corrected chi connectivity index (χ0v) is 18.5. The first-order valence-electron chi connectivity index (χ1n) is 11.1. The average molecular weight is 450 g/mol. The standard InChI is InChI=1S/C24H27N5O4/c1-2-29-23(32)19-9-8-16(14-20(19)27-24(29)33)22(31)26-18-10-12-28(13-11-18)15-21(30)25-17-6-4-3-5-7-17/h3-9,14,18H,2,10-13,15H2,1H3,(H,25,30)(H,26,31)(H,27,33). The van der Waals surface area contributed by atoms with E-state index in [2.05, 4.69) is 20.5 Å². The summed E-state index contributed by atoms with van der Waals surface area (Å²) in [5.74, 6) is -0.311. The maximum atomic E-state index is 12.7. The Morgan fingerprint density at radius 1 is 1.06 bits per heavy atom. The van der Waals surface area contributed by atoms with Crippen LogP contribution in [0.5, 0.6) is 0 Å². The lowest BCUT2D eigenvalue weighted by Crippen LogP contribution is -2.46. The van der Waals surface area contributed by atoms with Crippen LogP contribution in [0.25, 0.3) is 10.9 Å². The van der Waals surface area contributed by atoms with E-state index < -0.39 is 5.69 Å². The van der Waals surface area contributed by atoms with Gasteiger partial charge in [0.1, 0.15) is 0 Å². The number of rotatable bonds is 6. The average Bonchev–Trinajstić information content (AvgIpc) is 2.81. The zero-order valence-electron chi connectivity index (χ0n) is 18.5. The van der Waals surface area contributed by atoms with Crippen LogP contribution in [0.2, 0.25) is 0 Å². The van der Waals surface area contributed by atoms with Crippen molar-refractivity contribution in [1.82, 2.24) is 19.8 Å². The minimum Gasteiger partial charge on any atom is -0.349 e. The molecule has 0 atom stereocenters. The number of nitrogens with zero attached hydrogens (tertiary/aromatic N) is 2. The highest BCUT2D eigenvalue weighted by Crippen LogP contribution is 2.14. The minimum absolute atomic E-state index is 0.00577. The number of anilines is 1. The van der Waals surface area contributed by atoms with E-state index in [1.165, 1.54) is 6.07 Å². The summed E-state index contributed by atoms with van der Waals surface area (Å²) in [5.41, 5.74) is 0.649. The molecule has 0 unspecified atom stereocenters. The molecular weight excluding hydrogens is 422 g/mol. The Balaban J connectivity index is 1.32. The lowest BCUT2D eigenvalue weighted by molar-refractivity contribution is -0.117. The van der Waals surface area contributed by atoms with Gasteiger partial charge < -0.3 is 15.6 Å². The third kappa shape index (κ3) is 5.20. The molecule has 33 heavy (non-hydrogen) atoms. The van der Waals surface area contributed by atoms with Crippen LogP contribution in [0.1, 0.15) is 30.1 Å². The predicted octanol–water partition coefficient (Wildman–Crippen LogP) is 1.54. The van der Waals surface area contributed by atoms with Gasteiger partial charge in [-0.25, -0.2) is 4.79 Å². The molecule has 9 heteroatoms. The summed E-state index contributed by atoms with van der Waals surface area (Å²) in [7, 11) is 0. The van der Waals surface area contributed by atoms with Gasteiger partial charge in [-0.1, -0.05) is 18.2 Å². The van der Waals surface area contributed by atoms with Crippen molar-refractivity contribution < 1.29 is 9.59 Å². The number of hydrogen-bond donors (Lipinski definition) is 3. The van der Waals surface area contributed by atoms with Crippen molar-refractivity contribution in [3.8, 4) is 0 Å². The van der Waals surface area contributed by atoms with E-state index in [1.54, 1.807) is 19.1 Å². The van der Waals surface area contributed by atoms with Gasteiger partial charge in [0.15, 0.2) is 0 Å². The van der Waals surface area contributed by atoms with Crippen molar-refractivity contribution in [1.29, 1.82) is 0 Å². The van der Waals surface area contributed by atoms with E-state index in [-0.39, 0.29) is 30.0 Å². The van der Waals surface area contributed by atoms with Crippen LogP contribution in [0.3, 0.4) is 0 Å². The van der Waals surface area contributed by atoms with Crippen LogP contribution in [0.4, 0.5) is 5.69 Å². The summed E-state index contributed by atoms with van der Waals surface area (Å²) >= 11 is 0. The molecule has 1 aromatic heterocycles. The van der Waals surface area contributed by atoms with Gasteiger partial charge >= 0.3 is 5.69 Å². The third-order valence-corrected chi connectivity index (χ3v) is 5.91. The number of likely N-dealkylation sites (tertiary alicyclic amines) is 1. The first-order chi connectivity index (χ1) is 15.9. The summed E-state index contributed by atoms with van der Waals surface area (Å²) in [6, 6.07) is 14.0. The monoisotopic (exact) mass is 449 g/mol. The fourth-order valence-corrected chi connectivity index (χ4v) is 4.11. The number of carbonyl (C=O) groups is 2. The Morgan fingerprint density at radius 3 is 2.48 bits per heavy atom. The second-order valence-electron chi connectivity index (χ2n) is 8.18. The van der Waals surface area contributed by atoms with Gasteiger partial charge in [0.25, 0.3) is 11.5 Å². The van der Waals surface area contributed by atoms with Crippen LogP contribution in [0, 0.1) is 0 Å². The zero-order chi connectivity index (χ0) is 23.4. The molecular formula is C24H27N5O4. The number of aromatic nitrogens is 2. The smallest absolute Gasteiger partial charge is 0.328 e. The molecule has 0 aliphatic carbocycles. The molecule has 0 saturated carbocycles. The Bertz CT molecular complexity index is 1270. The molecule has 172 valence electrons. The van der Waals surface area contributed by atoms with Gasteiger partial charge in [-0.2, -0.15) is 0 Å². The van der Waals surface area contributed by atoms with E-state index in [0.29, 0.717) is 36.1 Å². The largest absolute Gasteiger partial charge is 0.349 e. The van der Waals surface area contributed by atoms with Crippen LogP contribution in [-0.2, 0) is 11.3 Å². The Kier molecular flexibility index (Phi) is 6.69. The van der Waals surface area contributed by atoms with E-state index >= 15 is 0 Å². The van der Waals surface area contributed by atoms with Crippen molar-refractivity contribution in [3.05, 3.63) is 74.9 Å². The Morgan fingerprint density at radius 2 is 1.79 bits per heavy atom. The van der Waals surface area contributed by atoms with Crippen molar-refractivity contribution in [2.24, 2.45) is 0 Å². The fraction of sp³-hybridized carbons (Fsp3) is 0.333. The van der Waals surface area contributed by atoms with Crippen LogP contribution >= 0.6 is 0 Å². The van der Waals surface area contributed by atoms with Crippen LogP contribution in [-0.4, -0.2) is 51.9 Å². The second kappa shape index (κ2) is 9.83. The highest BCUT2D eigenvalue weighted by Gasteiger charge is 2.23. The lowest BCUT2D eigenvalue weighted by Gasteiger charge is -2.31. The molecule has 2 aromatic carbocycles. The van der Waals surface area contributed by atoms with Gasteiger partial charge in [-0.3, -0.25) is 23.9 Å². The highest BCUT2D eigenvalue weighted by atomic mass is 16.2. The topological polar surface area (TPSA) is 116 Å². The first kappa shape index (κ1) is 22.5. The van der Waals surface area contributed by atoms with Crippen LogP contribution in [0.15, 0.2) is 58.1 Å². The van der Waals surface area contributed by atoms with Gasteiger partial charge in [0.05, 0.1) is 17.4 Å². The van der Waals surface area contributed by atoms with Crippen molar-refractivity contribution in [2.75, 3.05) is 25.0 Å². The van der Waals surface area contributed by atoms with Gasteiger partial charge in [-0.05, 0) is 50.1 Å². The molecule has 2 heterocycles. The third-order valence-electron chi connectivity index (χ3n) is 5.91. The summed E-state index contributed by atoms with van der Waals surface area (Å²) in [6.07, 6.45) is 1.46. The number of H-pyrrole nitrogens is 1. The number of aromatic amines is 1. The minimum atomic E-state index is -0.490. The Labute approximate surface area is 190 Å². The quantitative estimate of drug-likeness (QED) is 0.528. The number of carbonyl (C=O) groups excluding carboxylic acids is 2. The molecule has 1 aliphatic heterocycles. The number of piperidine rings is 1. The molecule has 0 spiro atoms. The fourth-order valence-electron chi connectivity index (χ4n) is 4.11.